The molecule has 1 N–H and O–H groups in total. The van der Waals surface area contributed by atoms with Crippen LogP contribution < -0.4 is 24.4 Å². The molecule has 3 rings (SSSR count). The van der Waals surface area contributed by atoms with Gasteiger partial charge in [-0.2, -0.15) is 5.10 Å². The number of para-hydroxylation sites is 2. The molecule has 1 amide bonds. The molecule has 11 heteroatoms. The minimum Gasteiger partial charge on any atom is -0.494 e. The second-order valence-corrected chi connectivity index (χ2v) is 7.71. The van der Waals surface area contributed by atoms with Gasteiger partial charge in [0.2, 0.25) is 0 Å². The number of nitrogens with one attached hydrogen (secondary N) is 1. The summed E-state index contributed by atoms with van der Waals surface area (Å²) in [6, 6.07) is 17.2. The van der Waals surface area contributed by atoms with E-state index >= 15 is 0 Å². The van der Waals surface area contributed by atoms with Crippen molar-refractivity contribution >= 4 is 23.8 Å². The number of nitro benzene ring substituents is 1. The lowest BCUT2D eigenvalue weighted by Crippen LogP contribution is -2.24. The number of nitrogens with zero attached hydrogens (tertiary/aromatic N) is 2. The summed E-state index contributed by atoms with van der Waals surface area (Å²) in [6.07, 6.45) is 2.25. The molecule has 0 aliphatic rings. The molecule has 0 bridgehead atoms. The van der Waals surface area contributed by atoms with E-state index in [2.05, 4.69) is 10.5 Å². The third-order valence-corrected chi connectivity index (χ3v) is 4.86. The van der Waals surface area contributed by atoms with Crippen molar-refractivity contribution in [2.24, 2.45) is 5.10 Å². The molecule has 11 nitrogen and oxygen atoms in total. The molecule has 3 aromatic rings. The standard InChI is InChI=1S/C27H27N3O8/c1-3-15-36-21-12-10-20(11-13-21)27(32)38-24-14-9-19(16-25(24)35-4-2)17-28-29-26(31)18-37-23-8-6-5-7-22(23)30(33)34/h5-14,16-17H,3-4,15,18H2,1-2H3,(H,29,31). The van der Waals surface area contributed by atoms with Gasteiger partial charge in [-0.15, -0.1) is 0 Å². The van der Waals surface area contributed by atoms with E-state index in [-0.39, 0.29) is 17.2 Å². The predicted molar refractivity (Wildman–Crippen MR) is 139 cm³/mol. The average Bonchev–Trinajstić information content (AvgIpc) is 2.92. The number of hydrogen-bond acceptors (Lipinski definition) is 9. The predicted octanol–water partition coefficient (Wildman–Crippen LogP) is 4.53. The normalized spacial score (nSPS) is 10.6. The first-order valence-electron chi connectivity index (χ1n) is 11.8. The van der Waals surface area contributed by atoms with Crippen LogP contribution in [0.2, 0.25) is 0 Å². The summed E-state index contributed by atoms with van der Waals surface area (Å²) in [7, 11) is 0. The van der Waals surface area contributed by atoms with Crippen LogP contribution in [0, 0.1) is 10.1 Å². The molecule has 0 unspecified atom stereocenters. The van der Waals surface area contributed by atoms with E-state index < -0.39 is 23.4 Å². The summed E-state index contributed by atoms with van der Waals surface area (Å²) >= 11 is 0. The lowest BCUT2D eigenvalue weighted by atomic mass is 10.2. The molecule has 0 saturated heterocycles. The van der Waals surface area contributed by atoms with E-state index in [0.717, 1.165) is 6.42 Å². The first-order chi connectivity index (χ1) is 18.4. The molecule has 0 spiro atoms. The molecule has 0 atom stereocenters. The minimum atomic E-state index is -0.610. The van der Waals surface area contributed by atoms with Gasteiger partial charge in [0.15, 0.2) is 23.9 Å². The molecular weight excluding hydrogens is 494 g/mol. The number of nitro groups is 1. The van der Waals surface area contributed by atoms with Crippen molar-refractivity contribution in [3.8, 4) is 23.0 Å². The number of esters is 1. The number of hydrazone groups is 1. The van der Waals surface area contributed by atoms with Crippen LogP contribution in [-0.4, -0.2) is 42.8 Å². The quantitative estimate of drug-likeness (QED) is 0.114. The lowest BCUT2D eigenvalue weighted by Gasteiger charge is -2.12. The van der Waals surface area contributed by atoms with Crippen LogP contribution in [-0.2, 0) is 4.79 Å². The first-order valence-corrected chi connectivity index (χ1v) is 11.8. The molecule has 198 valence electrons. The minimum absolute atomic E-state index is 0.0242. The first kappa shape index (κ1) is 27.7. The van der Waals surface area contributed by atoms with E-state index in [1.54, 1.807) is 55.5 Å². The van der Waals surface area contributed by atoms with Crippen molar-refractivity contribution in [3.05, 3.63) is 88.0 Å². The van der Waals surface area contributed by atoms with Gasteiger partial charge in [-0.05, 0) is 67.4 Å². The maximum absolute atomic E-state index is 12.6. The van der Waals surface area contributed by atoms with Crippen LogP contribution in [0.3, 0.4) is 0 Å². The summed E-state index contributed by atoms with van der Waals surface area (Å²) in [6.45, 7) is 4.25. The molecule has 0 aliphatic heterocycles. The zero-order valence-electron chi connectivity index (χ0n) is 20.9. The Balaban J connectivity index is 1.59. The fourth-order valence-corrected chi connectivity index (χ4v) is 3.11. The molecule has 0 aromatic heterocycles. The maximum Gasteiger partial charge on any atom is 0.343 e. The monoisotopic (exact) mass is 521 g/mol. The molecule has 38 heavy (non-hydrogen) atoms. The zero-order valence-corrected chi connectivity index (χ0v) is 20.9. The topological polar surface area (TPSA) is 139 Å². The van der Waals surface area contributed by atoms with Crippen molar-refractivity contribution in [1.82, 2.24) is 5.43 Å². The molecule has 0 radical (unpaired) electrons. The van der Waals surface area contributed by atoms with E-state index in [1.807, 2.05) is 6.92 Å². The number of rotatable bonds is 13. The number of benzene rings is 3. The fourth-order valence-electron chi connectivity index (χ4n) is 3.11. The average molecular weight is 522 g/mol. The molecule has 0 saturated carbocycles. The molecule has 0 fully saturated rings. The Morgan fingerprint density at radius 2 is 1.71 bits per heavy atom. The Labute approximate surface area is 219 Å². The number of hydrogen-bond donors (Lipinski definition) is 1. The second kappa shape index (κ2) is 14.0. The Bertz CT molecular complexity index is 1290. The van der Waals surface area contributed by atoms with Crippen molar-refractivity contribution in [2.45, 2.75) is 20.3 Å². The third kappa shape index (κ3) is 8.05. The summed E-state index contributed by atoms with van der Waals surface area (Å²) in [5, 5.41) is 14.9. The van der Waals surface area contributed by atoms with Crippen molar-refractivity contribution < 1.29 is 33.5 Å². The molecular formula is C27H27N3O8. The highest BCUT2D eigenvalue weighted by molar-refractivity contribution is 5.92. The van der Waals surface area contributed by atoms with Gasteiger partial charge < -0.3 is 18.9 Å². The van der Waals surface area contributed by atoms with Gasteiger partial charge in [-0.1, -0.05) is 19.1 Å². The summed E-state index contributed by atoms with van der Waals surface area (Å²) in [5.41, 5.74) is 2.96. The largest absolute Gasteiger partial charge is 0.494 e. The van der Waals surface area contributed by atoms with Crippen molar-refractivity contribution in [3.63, 3.8) is 0 Å². The van der Waals surface area contributed by atoms with Crippen LogP contribution in [0.15, 0.2) is 71.8 Å². The molecule has 3 aromatic carbocycles. The summed E-state index contributed by atoms with van der Waals surface area (Å²) in [4.78, 5) is 35.1. The highest BCUT2D eigenvalue weighted by atomic mass is 16.6. The van der Waals surface area contributed by atoms with Gasteiger partial charge in [-0.25, -0.2) is 10.2 Å². The number of amides is 1. The van der Waals surface area contributed by atoms with Crippen molar-refractivity contribution in [1.29, 1.82) is 0 Å². The van der Waals surface area contributed by atoms with Crippen LogP contribution in [0.1, 0.15) is 36.2 Å². The summed E-state index contributed by atoms with van der Waals surface area (Å²) < 4.78 is 21.9. The van der Waals surface area contributed by atoms with Gasteiger partial charge in [-0.3, -0.25) is 14.9 Å². The van der Waals surface area contributed by atoms with Gasteiger partial charge >= 0.3 is 11.7 Å². The Morgan fingerprint density at radius 3 is 2.42 bits per heavy atom. The zero-order chi connectivity index (χ0) is 27.3. The summed E-state index contributed by atoms with van der Waals surface area (Å²) in [5.74, 6) is 0.0216. The second-order valence-electron chi connectivity index (χ2n) is 7.71. The Kier molecular flexibility index (Phi) is 10.2. The van der Waals surface area contributed by atoms with Gasteiger partial charge in [0.1, 0.15) is 5.75 Å². The maximum atomic E-state index is 12.6. The highest BCUT2D eigenvalue weighted by Crippen LogP contribution is 2.29. The van der Waals surface area contributed by atoms with Gasteiger partial charge in [0, 0.05) is 6.07 Å². The third-order valence-electron chi connectivity index (χ3n) is 4.86. The Morgan fingerprint density at radius 1 is 0.947 bits per heavy atom. The number of ether oxygens (including phenoxy) is 4. The highest BCUT2D eigenvalue weighted by Gasteiger charge is 2.15. The van der Waals surface area contributed by atoms with Crippen molar-refractivity contribution in [2.75, 3.05) is 19.8 Å². The van der Waals surface area contributed by atoms with E-state index in [4.69, 9.17) is 18.9 Å². The number of carbonyl (C=O) groups excluding carboxylic acids is 2. The molecule has 0 aliphatic carbocycles. The van der Waals surface area contributed by atoms with E-state index in [1.165, 1.54) is 24.4 Å². The van der Waals surface area contributed by atoms with E-state index in [9.17, 15) is 19.7 Å². The fraction of sp³-hybridized carbons (Fsp3) is 0.222. The van der Waals surface area contributed by atoms with Crippen LogP contribution >= 0.6 is 0 Å². The smallest absolute Gasteiger partial charge is 0.343 e. The van der Waals surface area contributed by atoms with Crippen LogP contribution in [0.5, 0.6) is 23.0 Å². The Hall–Kier alpha value is -4.93. The number of carbonyl (C=O) groups is 2. The lowest BCUT2D eigenvalue weighted by molar-refractivity contribution is -0.385. The van der Waals surface area contributed by atoms with Gasteiger partial charge in [0.05, 0.1) is 29.9 Å². The van der Waals surface area contributed by atoms with Crippen LogP contribution in [0.25, 0.3) is 0 Å². The van der Waals surface area contributed by atoms with E-state index in [0.29, 0.717) is 35.8 Å². The van der Waals surface area contributed by atoms with Gasteiger partial charge in [0.25, 0.3) is 5.91 Å². The SMILES string of the molecule is CCCOc1ccc(C(=O)Oc2ccc(C=NNC(=O)COc3ccccc3[N+](=O)[O-])cc2OCC)cc1. The van der Waals surface area contributed by atoms with Crippen LogP contribution in [0.4, 0.5) is 5.69 Å². The molecule has 0 heterocycles.